The molecule has 2 aliphatic heterocycles. The van der Waals surface area contributed by atoms with Crippen LogP contribution in [0.1, 0.15) is 24.2 Å². The second kappa shape index (κ2) is 6.91. The molecular weight excluding hydrogens is 280 g/mol. The Morgan fingerprint density at radius 1 is 1.23 bits per heavy atom. The molecule has 7 heteroatoms. The lowest BCUT2D eigenvalue weighted by Crippen LogP contribution is -2.44. The minimum atomic E-state index is 0.493. The average molecular weight is 304 g/mol. The van der Waals surface area contributed by atoms with Crippen LogP contribution >= 0.6 is 0 Å². The summed E-state index contributed by atoms with van der Waals surface area (Å²) in [7, 11) is 0. The van der Waals surface area contributed by atoms with Crippen molar-refractivity contribution in [2.75, 3.05) is 44.3 Å². The van der Waals surface area contributed by atoms with Crippen LogP contribution in [-0.2, 0) is 11.3 Å². The normalized spacial score (nSPS) is 19.8. The van der Waals surface area contributed by atoms with E-state index in [4.69, 9.17) is 10.5 Å². The highest BCUT2D eigenvalue weighted by atomic mass is 16.5. The van der Waals surface area contributed by atoms with Gasteiger partial charge in [-0.25, -0.2) is 15.0 Å². The summed E-state index contributed by atoms with van der Waals surface area (Å²) in [4.78, 5) is 18.0. The Kier molecular flexibility index (Phi) is 4.72. The number of nitrogens with two attached hydrogens (primary N) is 1. The fraction of sp³-hybridized carbons (Fsp3) is 0.667. The molecule has 7 nitrogen and oxygen atoms in total. The largest absolute Gasteiger partial charge is 0.378 e. The first kappa shape index (κ1) is 15.0. The van der Waals surface area contributed by atoms with Gasteiger partial charge in [-0.05, 0) is 25.8 Å². The maximum Gasteiger partial charge on any atom is 0.225 e. The molecule has 2 N–H and O–H groups in total. The van der Waals surface area contributed by atoms with Gasteiger partial charge in [0.05, 0.1) is 25.5 Å². The summed E-state index contributed by atoms with van der Waals surface area (Å²) < 4.78 is 5.32. The quantitative estimate of drug-likeness (QED) is 0.648. The molecule has 2 fully saturated rings. The van der Waals surface area contributed by atoms with E-state index in [9.17, 15) is 0 Å². The Bertz CT molecular complexity index is 535. The minimum absolute atomic E-state index is 0.493. The van der Waals surface area contributed by atoms with Crippen molar-refractivity contribution in [3.8, 4) is 0 Å². The fourth-order valence-corrected chi connectivity index (χ4v) is 2.81. The van der Waals surface area contributed by atoms with Crippen LogP contribution in [0.3, 0.4) is 0 Å². The zero-order valence-electron chi connectivity index (χ0n) is 13.2. The second-order valence-corrected chi connectivity index (χ2v) is 5.77. The van der Waals surface area contributed by atoms with E-state index in [2.05, 4.69) is 24.8 Å². The molecule has 2 aliphatic rings. The summed E-state index contributed by atoms with van der Waals surface area (Å²) >= 11 is 0. The van der Waals surface area contributed by atoms with E-state index < -0.39 is 0 Å². The predicted octanol–water partition coefficient (Wildman–Crippen LogP) is 0.532. The molecule has 0 atom stereocenters. The second-order valence-electron chi connectivity index (χ2n) is 5.77. The summed E-state index contributed by atoms with van der Waals surface area (Å²) in [6.07, 6.45) is 2.43. The number of guanidine groups is 1. The van der Waals surface area contributed by atoms with Gasteiger partial charge in [-0.15, -0.1) is 0 Å². The third-order valence-electron chi connectivity index (χ3n) is 4.02. The van der Waals surface area contributed by atoms with Gasteiger partial charge in [-0.1, -0.05) is 0 Å². The standard InChI is InChI=1S/C15H24N6O/c1-12-10-13(19-15(18-12)21-4-2-3-5-21)11-17-14(16)20-6-8-22-9-7-20/h10H,2-9,11H2,1H3,(H2,16,17). The van der Waals surface area contributed by atoms with Crippen molar-refractivity contribution in [3.63, 3.8) is 0 Å². The first-order valence-electron chi connectivity index (χ1n) is 7.94. The predicted molar refractivity (Wildman–Crippen MR) is 85.9 cm³/mol. The van der Waals surface area contributed by atoms with E-state index in [0.29, 0.717) is 25.7 Å². The summed E-state index contributed by atoms with van der Waals surface area (Å²) in [6, 6.07) is 1.98. The van der Waals surface area contributed by atoms with E-state index in [1.807, 2.05) is 13.0 Å². The van der Waals surface area contributed by atoms with E-state index in [-0.39, 0.29) is 0 Å². The number of hydrogen-bond acceptors (Lipinski definition) is 5. The molecule has 0 unspecified atom stereocenters. The zero-order valence-corrected chi connectivity index (χ0v) is 13.2. The Morgan fingerprint density at radius 3 is 2.68 bits per heavy atom. The smallest absolute Gasteiger partial charge is 0.225 e. The molecule has 22 heavy (non-hydrogen) atoms. The molecule has 0 aromatic carbocycles. The van der Waals surface area contributed by atoms with E-state index >= 15 is 0 Å². The van der Waals surface area contributed by atoms with Crippen molar-refractivity contribution in [2.24, 2.45) is 10.7 Å². The molecule has 120 valence electrons. The number of aryl methyl sites for hydroxylation is 1. The Balaban J connectivity index is 1.68. The van der Waals surface area contributed by atoms with Gasteiger partial charge in [-0.3, -0.25) is 0 Å². The highest BCUT2D eigenvalue weighted by Crippen LogP contribution is 2.17. The summed E-state index contributed by atoms with van der Waals surface area (Å²) in [5, 5.41) is 0. The van der Waals surface area contributed by atoms with Gasteiger partial charge in [0.1, 0.15) is 0 Å². The summed E-state index contributed by atoms with van der Waals surface area (Å²) in [5.74, 6) is 1.40. The number of morpholine rings is 1. The Morgan fingerprint density at radius 2 is 1.95 bits per heavy atom. The lowest BCUT2D eigenvalue weighted by atomic mass is 10.3. The molecule has 2 saturated heterocycles. The highest BCUT2D eigenvalue weighted by molar-refractivity contribution is 5.78. The number of aliphatic imine (C=N–C) groups is 1. The number of ether oxygens (including phenoxy) is 1. The summed E-state index contributed by atoms with van der Waals surface area (Å²) in [5.41, 5.74) is 7.96. The van der Waals surface area contributed by atoms with Crippen LogP contribution in [-0.4, -0.2) is 60.2 Å². The number of hydrogen-bond donors (Lipinski definition) is 1. The van der Waals surface area contributed by atoms with Crippen LogP contribution in [0.25, 0.3) is 0 Å². The molecule has 0 spiro atoms. The molecule has 0 radical (unpaired) electrons. The zero-order chi connectivity index (χ0) is 15.4. The molecule has 0 amide bonds. The molecule has 0 saturated carbocycles. The van der Waals surface area contributed by atoms with Crippen LogP contribution in [0, 0.1) is 6.92 Å². The number of rotatable bonds is 3. The van der Waals surface area contributed by atoms with Crippen LogP contribution in [0.2, 0.25) is 0 Å². The van der Waals surface area contributed by atoms with Crippen molar-refractivity contribution >= 4 is 11.9 Å². The fourth-order valence-electron chi connectivity index (χ4n) is 2.81. The van der Waals surface area contributed by atoms with Crippen LogP contribution < -0.4 is 10.6 Å². The number of nitrogens with zero attached hydrogens (tertiary/aromatic N) is 5. The third-order valence-corrected chi connectivity index (χ3v) is 4.02. The molecule has 1 aromatic rings. The molecule has 3 heterocycles. The molecule has 3 rings (SSSR count). The van der Waals surface area contributed by atoms with E-state index in [1.54, 1.807) is 0 Å². The first-order valence-corrected chi connectivity index (χ1v) is 7.94. The van der Waals surface area contributed by atoms with Crippen molar-refractivity contribution in [2.45, 2.75) is 26.3 Å². The van der Waals surface area contributed by atoms with Gasteiger partial charge in [0.15, 0.2) is 5.96 Å². The van der Waals surface area contributed by atoms with Crippen LogP contribution in [0.5, 0.6) is 0 Å². The van der Waals surface area contributed by atoms with Gasteiger partial charge >= 0.3 is 0 Å². The van der Waals surface area contributed by atoms with Crippen molar-refractivity contribution < 1.29 is 4.74 Å². The van der Waals surface area contributed by atoms with Gasteiger partial charge in [0.25, 0.3) is 0 Å². The molecular formula is C15H24N6O. The van der Waals surface area contributed by atoms with Crippen LogP contribution in [0.4, 0.5) is 5.95 Å². The lowest BCUT2D eigenvalue weighted by molar-refractivity contribution is 0.0674. The maximum absolute atomic E-state index is 6.06. The minimum Gasteiger partial charge on any atom is -0.378 e. The van der Waals surface area contributed by atoms with Crippen LogP contribution in [0.15, 0.2) is 11.1 Å². The molecule has 0 bridgehead atoms. The van der Waals surface area contributed by atoms with Crippen molar-refractivity contribution in [3.05, 3.63) is 17.5 Å². The number of aromatic nitrogens is 2. The van der Waals surface area contributed by atoms with E-state index in [0.717, 1.165) is 43.5 Å². The van der Waals surface area contributed by atoms with Gasteiger partial charge in [0.2, 0.25) is 5.95 Å². The van der Waals surface area contributed by atoms with Gasteiger partial charge in [-0.2, -0.15) is 0 Å². The Hall–Kier alpha value is -1.89. The number of anilines is 1. The lowest BCUT2D eigenvalue weighted by Gasteiger charge is -2.27. The maximum atomic E-state index is 6.06. The average Bonchev–Trinajstić information content (AvgIpc) is 3.07. The van der Waals surface area contributed by atoms with Crippen molar-refractivity contribution in [1.82, 2.24) is 14.9 Å². The van der Waals surface area contributed by atoms with Gasteiger partial charge < -0.3 is 20.3 Å². The monoisotopic (exact) mass is 304 g/mol. The first-order chi connectivity index (χ1) is 10.7. The topological polar surface area (TPSA) is 79.9 Å². The SMILES string of the molecule is Cc1cc(CN=C(N)N2CCOCC2)nc(N2CCCC2)n1. The Labute approximate surface area is 131 Å². The molecule has 1 aromatic heterocycles. The van der Waals surface area contributed by atoms with Gasteiger partial charge in [0, 0.05) is 31.9 Å². The third kappa shape index (κ3) is 3.65. The summed E-state index contributed by atoms with van der Waals surface area (Å²) in [6.45, 7) is 7.61. The highest BCUT2D eigenvalue weighted by Gasteiger charge is 2.16. The van der Waals surface area contributed by atoms with E-state index in [1.165, 1.54) is 12.8 Å². The van der Waals surface area contributed by atoms with Crippen molar-refractivity contribution in [1.29, 1.82) is 0 Å². The molecule has 0 aliphatic carbocycles.